The summed E-state index contributed by atoms with van der Waals surface area (Å²) in [6, 6.07) is 15.7. The monoisotopic (exact) mass is 338 g/mol. The van der Waals surface area contributed by atoms with Gasteiger partial charge in [-0.1, -0.05) is 31.5 Å². The molecule has 0 fully saturated rings. The van der Waals surface area contributed by atoms with E-state index in [0.717, 1.165) is 41.9 Å². The minimum absolute atomic E-state index is 0.0665. The number of phenolic OH excluding ortho intramolecular Hbond substituents is 1. The topological polar surface area (TPSA) is 53.9 Å². The molecule has 3 rings (SSSR count). The first-order chi connectivity index (χ1) is 12.2. The van der Waals surface area contributed by atoms with Gasteiger partial charge in [-0.15, -0.1) is 0 Å². The highest BCUT2D eigenvalue weighted by Gasteiger charge is 2.26. The molecule has 1 aliphatic heterocycles. The molecule has 132 valence electrons. The third-order valence-corrected chi connectivity index (χ3v) is 4.48. The number of ether oxygens (including phenoxy) is 1. The minimum Gasteiger partial charge on any atom is -0.508 e. The number of nitrogens with zero attached hydrogens (tertiary/aromatic N) is 1. The van der Waals surface area contributed by atoms with Crippen molar-refractivity contribution in [3.8, 4) is 11.5 Å². The predicted molar refractivity (Wildman–Crippen MR) is 101 cm³/mol. The molecule has 4 heteroatoms. The summed E-state index contributed by atoms with van der Waals surface area (Å²) in [4.78, 5) is 4.91. The molecular weight excluding hydrogens is 312 g/mol. The molecule has 0 saturated heterocycles. The molecule has 4 nitrogen and oxygen atoms in total. The third-order valence-electron chi connectivity index (χ3n) is 4.48. The van der Waals surface area contributed by atoms with Crippen LogP contribution in [0.15, 0.2) is 53.5 Å². The molecule has 25 heavy (non-hydrogen) atoms. The second kappa shape index (κ2) is 8.17. The Balaban J connectivity index is 1.87. The maximum Gasteiger partial charge on any atom is 0.120 e. The van der Waals surface area contributed by atoms with Crippen LogP contribution in [0.3, 0.4) is 0 Å². The number of nitrogens with one attached hydrogen (secondary N) is 1. The highest BCUT2D eigenvalue weighted by atomic mass is 16.5. The van der Waals surface area contributed by atoms with E-state index in [4.69, 9.17) is 9.73 Å². The van der Waals surface area contributed by atoms with E-state index in [1.54, 1.807) is 6.07 Å². The number of rotatable bonds is 6. The number of aliphatic imine (C=N–C) groups is 1. The molecule has 0 saturated carbocycles. The van der Waals surface area contributed by atoms with Crippen LogP contribution in [-0.2, 0) is 0 Å². The van der Waals surface area contributed by atoms with Crippen LogP contribution in [0.5, 0.6) is 11.5 Å². The van der Waals surface area contributed by atoms with Crippen LogP contribution >= 0.6 is 0 Å². The molecule has 2 atom stereocenters. The lowest BCUT2D eigenvalue weighted by Crippen LogP contribution is -2.38. The van der Waals surface area contributed by atoms with Gasteiger partial charge in [0.25, 0.3) is 0 Å². The Kier molecular flexibility index (Phi) is 5.71. The Morgan fingerprint density at radius 1 is 1.12 bits per heavy atom. The van der Waals surface area contributed by atoms with Gasteiger partial charge in [0.15, 0.2) is 0 Å². The molecule has 0 aromatic heterocycles. The zero-order valence-electron chi connectivity index (χ0n) is 14.9. The van der Waals surface area contributed by atoms with Gasteiger partial charge in [-0.2, -0.15) is 0 Å². The van der Waals surface area contributed by atoms with E-state index in [1.165, 1.54) is 0 Å². The van der Waals surface area contributed by atoms with Gasteiger partial charge in [-0.3, -0.25) is 10.3 Å². The molecule has 0 radical (unpaired) electrons. The third kappa shape index (κ3) is 4.20. The maximum absolute atomic E-state index is 10.2. The number of benzene rings is 2. The van der Waals surface area contributed by atoms with Crippen LogP contribution in [0.4, 0.5) is 0 Å². The molecule has 1 heterocycles. The van der Waals surface area contributed by atoms with Gasteiger partial charge < -0.3 is 9.84 Å². The zero-order chi connectivity index (χ0) is 17.6. The van der Waals surface area contributed by atoms with E-state index in [1.807, 2.05) is 37.3 Å². The highest BCUT2D eigenvalue weighted by molar-refractivity contribution is 6.01. The molecule has 1 aliphatic rings. The average molecular weight is 338 g/mol. The summed E-state index contributed by atoms with van der Waals surface area (Å²) < 4.78 is 5.53. The summed E-state index contributed by atoms with van der Waals surface area (Å²) in [5, 5.41) is 13.8. The van der Waals surface area contributed by atoms with E-state index in [2.05, 4.69) is 24.4 Å². The van der Waals surface area contributed by atoms with Crippen molar-refractivity contribution in [3.05, 3.63) is 59.7 Å². The van der Waals surface area contributed by atoms with E-state index in [0.29, 0.717) is 12.4 Å². The molecule has 0 spiro atoms. The number of phenols is 1. The fourth-order valence-electron chi connectivity index (χ4n) is 3.27. The summed E-state index contributed by atoms with van der Waals surface area (Å²) in [6.45, 7) is 4.81. The van der Waals surface area contributed by atoms with Gasteiger partial charge in [-0.25, -0.2) is 0 Å². The van der Waals surface area contributed by atoms with Crippen molar-refractivity contribution in [2.75, 3.05) is 6.61 Å². The summed E-state index contributed by atoms with van der Waals surface area (Å²) >= 11 is 0. The van der Waals surface area contributed by atoms with Crippen molar-refractivity contribution < 1.29 is 9.84 Å². The molecule has 0 unspecified atom stereocenters. The molecular formula is C21H26N2O2. The summed E-state index contributed by atoms with van der Waals surface area (Å²) in [6.07, 6.45) is 2.87. The Morgan fingerprint density at radius 2 is 1.88 bits per heavy atom. The van der Waals surface area contributed by atoms with Crippen molar-refractivity contribution in [3.63, 3.8) is 0 Å². The minimum atomic E-state index is 0.0665. The molecule has 2 aromatic carbocycles. The van der Waals surface area contributed by atoms with Crippen LogP contribution in [0.1, 0.15) is 50.3 Å². The lowest BCUT2D eigenvalue weighted by atomic mass is 9.94. The lowest BCUT2D eigenvalue weighted by Gasteiger charge is -2.30. The standard InChI is InChI=1S/C21H26N2O2/c1-3-7-21-22-18(15-10-12-16(13-11-15)25-4-2)14-19(23-21)17-8-5-6-9-20(17)24/h5-6,8-13,19,21,23-24H,3-4,7,14H2,1-2H3/t19-,21-/m0/s1. The Bertz CT molecular complexity index is 725. The maximum atomic E-state index is 10.2. The average Bonchev–Trinajstić information content (AvgIpc) is 2.63. The normalized spacial score (nSPS) is 20.2. The van der Waals surface area contributed by atoms with Crippen LogP contribution in [-0.4, -0.2) is 23.6 Å². The second-order valence-electron chi connectivity index (χ2n) is 6.32. The highest BCUT2D eigenvalue weighted by Crippen LogP contribution is 2.31. The molecule has 0 amide bonds. The van der Waals surface area contributed by atoms with E-state index >= 15 is 0 Å². The SMILES string of the molecule is CCC[C@H]1N=C(c2ccc(OCC)cc2)C[C@@H](c2ccccc2O)N1. The van der Waals surface area contributed by atoms with Gasteiger partial charge in [0.1, 0.15) is 17.7 Å². The van der Waals surface area contributed by atoms with Crippen molar-refractivity contribution in [2.24, 2.45) is 4.99 Å². The van der Waals surface area contributed by atoms with Crippen LogP contribution < -0.4 is 10.1 Å². The fourth-order valence-corrected chi connectivity index (χ4v) is 3.27. The number of hydrogen-bond acceptors (Lipinski definition) is 4. The van der Waals surface area contributed by atoms with Gasteiger partial charge in [-0.05, 0) is 49.2 Å². The smallest absolute Gasteiger partial charge is 0.120 e. The van der Waals surface area contributed by atoms with Gasteiger partial charge >= 0.3 is 0 Å². The van der Waals surface area contributed by atoms with E-state index in [9.17, 15) is 5.11 Å². The van der Waals surface area contributed by atoms with Crippen LogP contribution in [0.25, 0.3) is 0 Å². The first kappa shape index (κ1) is 17.5. The van der Waals surface area contributed by atoms with E-state index < -0.39 is 0 Å². The van der Waals surface area contributed by atoms with Crippen LogP contribution in [0, 0.1) is 0 Å². The molecule has 2 aromatic rings. The Labute approximate surface area is 149 Å². The summed E-state index contributed by atoms with van der Waals surface area (Å²) in [5.74, 6) is 1.21. The lowest BCUT2D eigenvalue weighted by molar-refractivity contribution is 0.340. The number of hydrogen-bond donors (Lipinski definition) is 2. The number of para-hydroxylation sites is 1. The molecule has 0 aliphatic carbocycles. The molecule has 2 N–H and O–H groups in total. The Morgan fingerprint density at radius 3 is 2.56 bits per heavy atom. The quantitative estimate of drug-likeness (QED) is 0.818. The Hall–Kier alpha value is -2.33. The summed E-state index contributed by atoms with van der Waals surface area (Å²) in [7, 11) is 0. The van der Waals surface area contributed by atoms with Crippen molar-refractivity contribution in [1.82, 2.24) is 5.32 Å². The van der Waals surface area contributed by atoms with Gasteiger partial charge in [0.05, 0.1) is 6.61 Å². The van der Waals surface area contributed by atoms with Gasteiger partial charge in [0.2, 0.25) is 0 Å². The first-order valence-electron chi connectivity index (χ1n) is 9.05. The van der Waals surface area contributed by atoms with Crippen LogP contribution in [0.2, 0.25) is 0 Å². The predicted octanol–water partition coefficient (Wildman–Crippen LogP) is 4.44. The second-order valence-corrected chi connectivity index (χ2v) is 6.32. The van der Waals surface area contributed by atoms with E-state index in [-0.39, 0.29) is 12.2 Å². The largest absolute Gasteiger partial charge is 0.508 e. The number of aromatic hydroxyl groups is 1. The fraction of sp³-hybridized carbons (Fsp3) is 0.381. The van der Waals surface area contributed by atoms with Crippen molar-refractivity contribution in [2.45, 2.75) is 45.3 Å². The van der Waals surface area contributed by atoms with Crippen molar-refractivity contribution >= 4 is 5.71 Å². The molecule has 0 bridgehead atoms. The van der Waals surface area contributed by atoms with Gasteiger partial charge in [0, 0.05) is 23.7 Å². The summed E-state index contributed by atoms with van der Waals surface area (Å²) in [5.41, 5.74) is 3.13. The van der Waals surface area contributed by atoms with Crippen molar-refractivity contribution in [1.29, 1.82) is 0 Å². The zero-order valence-corrected chi connectivity index (χ0v) is 14.9. The first-order valence-corrected chi connectivity index (χ1v) is 9.05.